The topological polar surface area (TPSA) is 57.6 Å². The maximum Gasteiger partial charge on any atom is 0.290 e. The molecule has 1 amide bonds. The molecule has 0 aliphatic carbocycles. The van der Waals surface area contributed by atoms with Crippen LogP contribution in [0.4, 0.5) is 0 Å². The molecule has 27 heavy (non-hydrogen) atoms. The first-order valence-corrected chi connectivity index (χ1v) is 9.79. The number of nitrogens with zero attached hydrogens (tertiary/aromatic N) is 1. The second kappa shape index (κ2) is 8.05. The zero-order chi connectivity index (χ0) is 19.7. The van der Waals surface area contributed by atoms with Crippen LogP contribution in [0.2, 0.25) is 10.0 Å². The Bertz CT molecular complexity index is 941. The van der Waals surface area contributed by atoms with Gasteiger partial charge in [0.15, 0.2) is 11.5 Å². The van der Waals surface area contributed by atoms with Gasteiger partial charge >= 0.3 is 0 Å². The molecule has 140 valence electrons. The maximum absolute atomic E-state index is 12.6. The number of carbonyl (C=O) groups excluding carboxylic acids is 2. The second-order valence-electron chi connectivity index (χ2n) is 6.27. The van der Waals surface area contributed by atoms with E-state index in [4.69, 9.17) is 23.2 Å². The van der Waals surface area contributed by atoms with E-state index in [-0.39, 0.29) is 11.4 Å². The summed E-state index contributed by atoms with van der Waals surface area (Å²) in [4.78, 5) is 26.3. The number of benzene rings is 2. The van der Waals surface area contributed by atoms with Crippen LogP contribution in [0, 0.1) is 0 Å². The number of ketones is 1. The first-order valence-electron chi connectivity index (χ1n) is 8.24. The van der Waals surface area contributed by atoms with Crippen LogP contribution in [-0.4, -0.2) is 28.2 Å². The fraction of sp³-hybridized carbons (Fsp3) is 0.200. The Morgan fingerprint density at radius 3 is 2.41 bits per heavy atom. The Labute approximate surface area is 175 Å². The van der Waals surface area contributed by atoms with Gasteiger partial charge in [-0.05, 0) is 48.7 Å². The number of halogens is 3. The molecule has 4 nitrogen and oxygen atoms in total. The van der Waals surface area contributed by atoms with E-state index in [0.29, 0.717) is 23.0 Å². The largest absolute Gasteiger partial charge is 0.503 e. The summed E-state index contributed by atoms with van der Waals surface area (Å²) in [5, 5.41) is 11.2. The molecule has 1 unspecified atom stereocenters. The van der Waals surface area contributed by atoms with Gasteiger partial charge < -0.3 is 10.0 Å². The molecule has 1 atom stereocenters. The Hall–Kier alpha value is -1.82. The summed E-state index contributed by atoms with van der Waals surface area (Å²) >= 11 is 15.4. The Morgan fingerprint density at radius 2 is 1.81 bits per heavy atom. The van der Waals surface area contributed by atoms with E-state index in [1.54, 1.807) is 12.1 Å². The van der Waals surface area contributed by atoms with Gasteiger partial charge in [0.1, 0.15) is 0 Å². The molecule has 2 aromatic carbocycles. The normalized spacial score (nSPS) is 17.0. The SMILES string of the molecule is CC(=O)C1=C(O)C(=O)N(CCc2ccc(Cl)c(Cl)c2)C1c1ccc(Br)cc1. The van der Waals surface area contributed by atoms with Crippen LogP contribution in [0.5, 0.6) is 0 Å². The lowest BCUT2D eigenvalue weighted by atomic mass is 9.96. The van der Waals surface area contributed by atoms with Crippen molar-refractivity contribution in [1.82, 2.24) is 4.90 Å². The van der Waals surface area contributed by atoms with Crippen molar-refractivity contribution in [2.45, 2.75) is 19.4 Å². The second-order valence-corrected chi connectivity index (χ2v) is 8.00. The number of hydrogen-bond acceptors (Lipinski definition) is 3. The maximum atomic E-state index is 12.6. The van der Waals surface area contributed by atoms with Crippen LogP contribution >= 0.6 is 39.1 Å². The smallest absolute Gasteiger partial charge is 0.290 e. The molecule has 1 heterocycles. The van der Waals surface area contributed by atoms with Gasteiger partial charge in [-0.15, -0.1) is 0 Å². The molecule has 0 saturated carbocycles. The number of carbonyl (C=O) groups is 2. The van der Waals surface area contributed by atoms with Crippen LogP contribution in [-0.2, 0) is 16.0 Å². The monoisotopic (exact) mass is 467 g/mol. The minimum absolute atomic E-state index is 0.122. The molecule has 3 rings (SSSR count). The van der Waals surface area contributed by atoms with Crippen molar-refractivity contribution in [2.24, 2.45) is 0 Å². The summed E-state index contributed by atoms with van der Waals surface area (Å²) < 4.78 is 0.885. The molecule has 0 bridgehead atoms. The first kappa shape index (κ1) is 19.9. The van der Waals surface area contributed by atoms with Crippen molar-refractivity contribution >= 4 is 50.8 Å². The Balaban J connectivity index is 1.92. The number of hydrogen-bond donors (Lipinski definition) is 1. The van der Waals surface area contributed by atoms with Gasteiger partial charge in [-0.3, -0.25) is 9.59 Å². The standard InChI is InChI=1S/C20H16BrCl2NO3/c1-11(25)17-18(13-3-5-14(21)6-4-13)24(20(27)19(17)26)9-8-12-2-7-15(22)16(23)10-12/h2-7,10,18,26H,8-9H2,1H3. The summed E-state index contributed by atoms with van der Waals surface area (Å²) in [7, 11) is 0. The van der Waals surface area contributed by atoms with Gasteiger partial charge in [0, 0.05) is 11.0 Å². The fourth-order valence-corrected chi connectivity index (χ4v) is 3.77. The zero-order valence-corrected chi connectivity index (χ0v) is 17.5. The van der Waals surface area contributed by atoms with E-state index < -0.39 is 17.7 Å². The average Bonchev–Trinajstić information content (AvgIpc) is 2.88. The lowest BCUT2D eigenvalue weighted by Crippen LogP contribution is -2.32. The molecular formula is C20H16BrCl2NO3. The third-order valence-electron chi connectivity index (χ3n) is 4.49. The number of aliphatic hydroxyl groups is 1. The summed E-state index contributed by atoms with van der Waals surface area (Å²) in [6.45, 7) is 1.67. The molecule has 1 aliphatic heterocycles. The van der Waals surface area contributed by atoms with E-state index in [0.717, 1.165) is 15.6 Å². The molecule has 2 aromatic rings. The summed E-state index contributed by atoms with van der Waals surface area (Å²) in [6.07, 6.45) is 0.508. The highest BCUT2D eigenvalue weighted by Crippen LogP contribution is 2.38. The van der Waals surface area contributed by atoms with Gasteiger partial charge in [-0.25, -0.2) is 0 Å². The fourth-order valence-electron chi connectivity index (χ4n) is 3.18. The van der Waals surface area contributed by atoms with E-state index >= 15 is 0 Å². The van der Waals surface area contributed by atoms with Crippen molar-refractivity contribution in [3.63, 3.8) is 0 Å². The van der Waals surface area contributed by atoms with Gasteiger partial charge in [-0.2, -0.15) is 0 Å². The highest BCUT2D eigenvalue weighted by Gasteiger charge is 2.41. The Kier molecular flexibility index (Phi) is 5.94. The average molecular weight is 469 g/mol. The van der Waals surface area contributed by atoms with Crippen LogP contribution in [0.25, 0.3) is 0 Å². The van der Waals surface area contributed by atoms with Gasteiger partial charge in [0.2, 0.25) is 0 Å². The Morgan fingerprint density at radius 1 is 1.15 bits per heavy atom. The van der Waals surface area contributed by atoms with Crippen LogP contribution in [0.3, 0.4) is 0 Å². The molecular weight excluding hydrogens is 453 g/mol. The van der Waals surface area contributed by atoms with E-state index in [2.05, 4.69) is 15.9 Å². The van der Waals surface area contributed by atoms with E-state index in [1.165, 1.54) is 11.8 Å². The molecule has 0 saturated heterocycles. The molecule has 0 radical (unpaired) electrons. The van der Waals surface area contributed by atoms with Crippen LogP contribution in [0.1, 0.15) is 24.1 Å². The quantitative estimate of drug-likeness (QED) is 0.649. The third-order valence-corrected chi connectivity index (χ3v) is 5.76. The third kappa shape index (κ3) is 4.05. The van der Waals surface area contributed by atoms with Crippen molar-refractivity contribution in [2.75, 3.05) is 6.54 Å². The van der Waals surface area contributed by atoms with Crippen molar-refractivity contribution < 1.29 is 14.7 Å². The predicted octanol–water partition coefficient (Wildman–Crippen LogP) is 5.28. The lowest BCUT2D eigenvalue weighted by molar-refractivity contribution is -0.129. The number of amides is 1. The minimum atomic E-state index is -0.620. The van der Waals surface area contributed by atoms with E-state index in [9.17, 15) is 14.7 Å². The van der Waals surface area contributed by atoms with Crippen molar-refractivity contribution in [3.05, 3.63) is 79.4 Å². The molecule has 1 aliphatic rings. The zero-order valence-electron chi connectivity index (χ0n) is 14.4. The summed E-state index contributed by atoms with van der Waals surface area (Å²) in [6, 6.07) is 12.0. The number of Topliss-reactive ketones (excluding diaryl/α,β-unsaturated/α-hetero) is 1. The highest BCUT2D eigenvalue weighted by atomic mass is 79.9. The first-order chi connectivity index (χ1) is 12.8. The van der Waals surface area contributed by atoms with Gasteiger partial charge in [0.25, 0.3) is 5.91 Å². The minimum Gasteiger partial charge on any atom is -0.503 e. The number of rotatable bonds is 5. The molecule has 0 spiro atoms. The molecule has 0 aromatic heterocycles. The van der Waals surface area contributed by atoms with Crippen LogP contribution in [0.15, 0.2) is 58.3 Å². The van der Waals surface area contributed by atoms with Crippen molar-refractivity contribution in [1.29, 1.82) is 0 Å². The van der Waals surface area contributed by atoms with E-state index in [1.807, 2.05) is 30.3 Å². The molecule has 7 heteroatoms. The van der Waals surface area contributed by atoms with Crippen LogP contribution < -0.4 is 0 Å². The van der Waals surface area contributed by atoms with Gasteiger partial charge in [0.05, 0.1) is 21.7 Å². The lowest BCUT2D eigenvalue weighted by Gasteiger charge is -2.26. The molecule has 1 N–H and O–H groups in total. The number of aliphatic hydroxyl groups excluding tert-OH is 1. The predicted molar refractivity (Wildman–Crippen MR) is 109 cm³/mol. The molecule has 0 fully saturated rings. The van der Waals surface area contributed by atoms with Crippen molar-refractivity contribution in [3.8, 4) is 0 Å². The van der Waals surface area contributed by atoms with Gasteiger partial charge in [-0.1, -0.05) is 57.3 Å². The highest BCUT2D eigenvalue weighted by molar-refractivity contribution is 9.10. The summed E-state index contributed by atoms with van der Waals surface area (Å²) in [5.74, 6) is -1.36. The summed E-state index contributed by atoms with van der Waals surface area (Å²) in [5.41, 5.74) is 1.79.